The lowest BCUT2D eigenvalue weighted by Gasteiger charge is -2.05. The van der Waals surface area contributed by atoms with E-state index in [0.29, 0.717) is 12.4 Å². The fourth-order valence-corrected chi connectivity index (χ4v) is 1.92. The van der Waals surface area contributed by atoms with Crippen LogP contribution in [0.5, 0.6) is 0 Å². The smallest absolute Gasteiger partial charge is 0.295 e. The van der Waals surface area contributed by atoms with Crippen LogP contribution in [0.2, 0.25) is 0 Å². The van der Waals surface area contributed by atoms with Crippen LogP contribution in [0.15, 0.2) is 27.9 Å². The molecule has 5 nitrogen and oxygen atoms in total. The molecule has 0 aromatic carbocycles. The monoisotopic (exact) mass is 206 g/mol. The Morgan fingerprint density at radius 1 is 1.60 bits per heavy atom. The van der Waals surface area contributed by atoms with E-state index in [-0.39, 0.29) is 18.0 Å². The second kappa shape index (κ2) is 3.20. The van der Waals surface area contributed by atoms with Crippen molar-refractivity contribution in [2.45, 2.75) is 12.6 Å². The predicted octanol–water partition coefficient (Wildman–Crippen LogP) is -0.239. The molecule has 3 rings (SSSR count). The maximum atomic E-state index is 11.5. The number of ether oxygens (including phenoxy) is 1. The second-order valence-corrected chi connectivity index (χ2v) is 3.62. The summed E-state index contributed by atoms with van der Waals surface area (Å²) in [6.45, 7) is 0.624. The van der Waals surface area contributed by atoms with Gasteiger partial charge in [0.15, 0.2) is 5.76 Å². The number of hydrazone groups is 1. The lowest BCUT2D eigenvalue weighted by atomic mass is 10.1. The van der Waals surface area contributed by atoms with Gasteiger partial charge in [0.1, 0.15) is 0 Å². The van der Waals surface area contributed by atoms with Gasteiger partial charge in [-0.25, -0.2) is 0 Å². The van der Waals surface area contributed by atoms with Gasteiger partial charge in [-0.05, 0) is 23.7 Å². The Kier molecular flexibility index (Phi) is 1.85. The predicted molar refractivity (Wildman–Crippen MR) is 49.4 cm³/mol. The van der Waals surface area contributed by atoms with Gasteiger partial charge in [0.05, 0.1) is 18.8 Å². The van der Waals surface area contributed by atoms with E-state index in [1.54, 1.807) is 23.2 Å². The van der Waals surface area contributed by atoms with Crippen LogP contribution in [-0.2, 0) is 4.74 Å². The summed E-state index contributed by atoms with van der Waals surface area (Å²) in [6.07, 6.45) is 3.79. The molecule has 1 saturated heterocycles. The van der Waals surface area contributed by atoms with Crippen molar-refractivity contribution in [2.75, 3.05) is 6.61 Å². The first-order chi connectivity index (χ1) is 7.34. The molecule has 2 atom stereocenters. The van der Waals surface area contributed by atoms with Crippen LogP contribution in [0.25, 0.3) is 0 Å². The fraction of sp³-hybridized carbons (Fsp3) is 0.400. The minimum absolute atomic E-state index is 0.0969. The third-order valence-electron chi connectivity index (χ3n) is 2.66. The molecule has 0 amide bonds. The molecule has 78 valence electrons. The highest BCUT2D eigenvalue weighted by Crippen LogP contribution is 2.26. The molecular formula is C10H10N2O3. The van der Waals surface area contributed by atoms with E-state index in [4.69, 9.17) is 9.15 Å². The van der Waals surface area contributed by atoms with Crippen molar-refractivity contribution in [3.8, 4) is 0 Å². The van der Waals surface area contributed by atoms with Crippen molar-refractivity contribution >= 4 is 12.1 Å². The number of hydrogen-bond donors (Lipinski definition) is 0. The highest BCUT2D eigenvalue weighted by molar-refractivity contribution is 5.77. The van der Waals surface area contributed by atoms with Crippen LogP contribution < -0.4 is 5.11 Å². The standard InChI is InChI=1S/C10H10N2O3/c13-9-8-3-5-15-10(8)12(11-9)6-7-2-1-4-14-7/h1-2,4,6,8,10H,3,5H2. The lowest BCUT2D eigenvalue weighted by molar-refractivity contribution is -0.603. The number of fused-ring (bicyclic) bond motifs is 1. The average molecular weight is 206 g/mol. The molecule has 0 radical (unpaired) electrons. The maximum Gasteiger partial charge on any atom is 0.295 e. The zero-order chi connectivity index (χ0) is 10.3. The molecule has 15 heavy (non-hydrogen) atoms. The van der Waals surface area contributed by atoms with Crippen molar-refractivity contribution in [1.82, 2.24) is 0 Å². The zero-order valence-electron chi connectivity index (χ0n) is 8.00. The maximum absolute atomic E-state index is 11.5. The Labute approximate surface area is 86.3 Å². The third kappa shape index (κ3) is 1.35. The van der Waals surface area contributed by atoms with Crippen LogP contribution >= 0.6 is 0 Å². The molecular weight excluding hydrogens is 196 g/mol. The number of nitrogens with zero attached hydrogens (tertiary/aromatic N) is 2. The number of furan rings is 1. The molecule has 1 aromatic rings. The molecule has 1 aromatic heterocycles. The van der Waals surface area contributed by atoms with Gasteiger partial charge in [0.2, 0.25) is 6.21 Å². The van der Waals surface area contributed by atoms with Crippen molar-refractivity contribution < 1.29 is 18.9 Å². The van der Waals surface area contributed by atoms with Gasteiger partial charge in [-0.2, -0.15) is 0 Å². The highest BCUT2D eigenvalue weighted by atomic mass is 16.5. The Balaban J connectivity index is 1.94. The van der Waals surface area contributed by atoms with E-state index in [1.807, 2.05) is 6.07 Å². The van der Waals surface area contributed by atoms with Crippen molar-refractivity contribution in [1.29, 1.82) is 0 Å². The van der Waals surface area contributed by atoms with Gasteiger partial charge < -0.3 is 14.3 Å². The first-order valence-electron chi connectivity index (χ1n) is 4.88. The molecule has 2 aliphatic heterocycles. The molecule has 0 bridgehead atoms. The normalized spacial score (nSPS) is 32.0. The summed E-state index contributed by atoms with van der Waals surface area (Å²) in [5, 5.41) is 15.4. The van der Waals surface area contributed by atoms with Gasteiger partial charge in [-0.15, -0.1) is 0 Å². The van der Waals surface area contributed by atoms with Crippen molar-refractivity contribution in [3.05, 3.63) is 24.2 Å². The van der Waals surface area contributed by atoms with E-state index in [2.05, 4.69) is 5.10 Å². The van der Waals surface area contributed by atoms with E-state index in [1.165, 1.54) is 0 Å². The molecule has 5 heteroatoms. The molecule has 0 aliphatic carbocycles. The zero-order valence-corrected chi connectivity index (χ0v) is 8.00. The molecule has 0 N–H and O–H groups in total. The van der Waals surface area contributed by atoms with E-state index in [9.17, 15) is 5.11 Å². The molecule has 3 heterocycles. The van der Waals surface area contributed by atoms with E-state index in [0.717, 1.165) is 6.42 Å². The summed E-state index contributed by atoms with van der Waals surface area (Å²) in [6, 6.07) is 3.60. The number of rotatable bonds is 1. The molecule has 0 spiro atoms. The Hall–Kier alpha value is -1.62. The average Bonchev–Trinajstić information content (AvgIpc) is 2.89. The number of hydrogen-bond acceptors (Lipinski definition) is 4. The van der Waals surface area contributed by atoms with Gasteiger partial charge in [0.25, 0.3) is 6.23 Å². The fourth-order valence-electron chi connectivity index (χ4n) is 1.92. The minimum atomic E-state index is -0.234. The summed E-state index contributed by atoms with van der Waals surface area (Å²) in [5.41, 5.74) is 0. The van der Waals surface area contributed by atoms with Gasteiger partial charge in [0, 0.05) is 5.90 Å². The molecule has 1 fully saturated rings. The molecule has 0 saturated carbocycles. The van der Waals surface area contributed by atoms with Gasteiger partial charge in [-0.3, -0.25) is 0 Å². The largest absolute Gasteiger partial charge is 0.857 e. The van der Waals surface area contributed by atoms with Crippen LogP contribution in [0.1, 0.15) is 12.2 Å². The van der Waals surface area contributed by atoms with Crippen molar-refractivity contribution in [3.63, 3.8) is 0 Å². The first-order valence-corrected chi connectivity index (χ1v) is 4.88. The van der Waals surface area contributed by atoms with E-state index >= 15 is 0 Å². The SMILES string of the molecule is [O-]C1=N[N+](=Cc2ccco2)C2OCCC12. The van der Waals surface area contributed by atoms with Gasteiger partial charge >= 0.3 is 0 Å². The molecule has 2 aliphatic rings. The van der Waals surface area contributed by atoms with Crippen LogP contribution in [0, 0.1) is 5.92 Å². The summed E-state index contributed by atoms with van der Waals surface area (Å²) in [4.78, 5) is 0. The Morgan fingerprint density at radius 3 is 3.33 bits per heavy atom. The first kappa shape index (κ1) is 8.67. The summed E-state index contributed by atoms with van der Waals surface area (Å²) in [5.74, 6) is 0.471. The van der Waals surface area contributed by atoms with Crippen LogP contribution in [0.3, 0.4) is 0 Å². The lowest BCUT2D eigenvalue weighted by Crippen LogP contribution is -2.29. The summed E-state index contributed by atoms with van der Waals surface area (Å²) in [7, 11) is 0. The van der Waals surface area contributed by atoms with Crippen LogP contribution in [-0.4, -0.2) is 29.6 Å². The van der Waals surface area contributed by atoms with Crippen LogP contribution in [0.4, 0.5) is 0 Å². The third-order valence-corrected chi connectivity index (χ3v) is 2.66. The minimum Gasteiger partial charge on any atom is -0.857 e. The topological polar surface area (TPSA) is 60.8 Å². The summed E-state index contributed by atoms with van der Waals surface area (Å²) >= 11 is 0. The Morgan fingerprint density at radius 2 is 2.53 bits per heavy atom. The van der Waals surface area contributed by atoms with Crippen molar-refractivity contribution in [2.24, 2.45) is 11.0 Å². The highest BCUT2D eigenvalue weighted by Gasteiger charge is 2.43. The van der Waals surface area contributed by atoms with Gasteiger partial charge in [-0.1, -0.05) is 4.68 Å². The second-order valence-electron chi connectivity index (χ2n) is 3.62. The van der Waals surface area contributed by atoms with E-state index < -0.39 is 0 Å². The summed E-state index contributed by atoms with van der Waals surface area (Å²) < 4.78 is 12.2. The Bertz CT molecular complexity index is 422. The molecule has 2 unspecified atom stereocenters. The quantitative estimate of drug-likeness (QED) is 0.596.